The van der Waals surface area contributed by atoms with Crippen molar-refractivity contribution < 1.29 is 0 Å². The van der Waals surface area contributed by atoms with E-state index in [1.54, 1.807) is 6.20 Å². The predicted molar refractivity (Wildman–Crippen MR) is 70.6 cm³/mol. The first kappa shape index (κ1) is 12.1. The number of halogens is 2. The van der Waals surface area contributed by atoms with Crippen LogP contribution < -0.4 is 5.32 Å². The highest BCUT2D eigenvalue weighted by Gasteiger charge is 2.02. The van der Waals surface area contributed by atoms with E-state index >= 15 is 0 Å². The maximum absolute atomic E-state index is 5.91. The minimum absolute atomic E-state index is 0.240. The Bertz CT molecular complexity index is 529. The Morgan fingerprint density at radius 2 is 2.12 bits per heavy atom. The lowest BCUT2D eigenvalue weighted by molar-refractivity contribution is 1.06. The van der Waals surface area contributed by atoms with E-state index in [9.17, 15) is 0 Å². The summed E-state index contributed by atoms with van der Waals surface area (Å²) in [6, 6.07) is 7.67. The third-order valence-corrected chi connectivity index (χ3v) is 2.71. The third-order valence-electron chi connectivity index (χ3n) is 2.29. The van der Waals surface area contributed by atoms with Crippen LogP contribution in [0.15, 0.2) is 30.5 Å². The molecule has 0 aliphatic rings. The van der Waals surface area contributed by atoms with Gasteiger partial charge in [0.25, 0.3) is 0 Å². The van der Waals surface area contributed by atoms with E-state index in [0.29, 0.717) is 6.54 Å². The first-order chi connectivity index (χ1) is 8.15. The van der Waals surface area contributed by atoms with Crippen LogP contribution >= 0.6 is 23.2 Å². The van der Waals surface area contributed by atoms with Crippen molar-refractivity contribution in [2.75, 3.05) is 5.32 Å². The molecule has 0 spiro atoms. The lowest BCUT2D eigenvalue weighted by atomic mass is 10.2. The number of nitrogens with zero attached hydrogens (tertiary/aromatic N) is 2. The van der Waals surface area contributed by atoms with E-state index in [-0.39, 0.29) is 5.28 Å². The van der Waals surface area contributed by atoms with Gasteiger partial charge in [0.1, 0.15) is 5.82 Å². The van der Waals surface area contributed by atoms with Gasteiger partial charge in [-0.2, -0.15) is 0 Å². The fraction of sp³-hybridized carbons (Fsp3) is 0.167. The lowest BCUT2D eigenvalue weighted by Gasteiger charge is -2.08. The molecule has 17 heavy (non-hydrogen) atoms. The molecule has 5 heteroatoms. The molecule has 1 heterocycles. The molecular weight excluding hydrogens is 257 g/mol. The molecule has 0 unspecified atom stereocenters. The highest BCUT2D eigenvalue weighted by atomic mass is 35.5. The molecule has 1 aromatic heterocycles. The highest BCUT2D eigenvalue weighted by molar-refractivity contribution is 6.30. The Balaban J connectivity index is 2.09. The maximum Gasteiger partial charge on any atom is 0.224 e. The summed E-state index contributed by atoms with van der Waals surface area (Å²) in [7, 11) is 0. The summed E-state index contributed by atoms with van der Waals surface area (Å²) in [4.78, 5) is 8.02. The van der Waals surface area contributed by atoms with Gasteiger partial charge in [-0.25, -0.2) is 9.97 Å². The van der Waals surface area contributed by atoms with Gasteiger partial charge in [0.15, 0.2) is 0 Å². The molecule has 0 saturated carbocycles. The minimum Gasteiger partial charge on any atom is -0.366 e. The third kappa shape index (κ3) is 3.32. The fourth-order valence-corrected chi connectivity index (χ4v) is 1.78. The molecule has 0 atom stereocenters. The number of rotatable bonds is 3. The largest absolute Gasteiger partial charge is 0.366 e. The van der Waals surface area contributed by atoms with Crippen LogP contribution in [0.4, 0.5) is 5.82 Å². The first-order valence-electron chi connectivity index (χ1n) is 5.12. The van der Waals surface area contributed by atoms with Crippen LogP contribution in [0.3, 0.4) is 0 Å². The van der Waals surface area contributed by atoms with E-state index < -0.39 is 0 Å². The minimum atomic E-state index is 0.240. The number of hydrogen-bond donors (Lipinski definition) is 1. The smallest absolute Gasteiger partial charge is 0.224 e. The summed E-state index contributed by atoms with van der Waals surface area (Å²) in [6.07, 6.45) is 1.69. The van der Waals surface area contributed by atoms with Crippen molar-refractivity contribution in [2.45, 2.75) is 13.5 Å². The average Bonchev–Trinajstić information content (AvgIpc) is 2.30. The number of aromatic nitrogens is 2. The SMILES string of the molecule is Cc1cnc(Cl)nc1NCc1cccc(Cl)c1. The number of anilines is 1. The molecule has 0 fully saturated rings. The molecule has 2 aromatic rings. The fourth-order valence-electron chi connectivity index (χ4n) is 1.43. The zero-order valence-corrected chi connectivity index (χ0v) is 10.8. The Hall–Kier alpha value is -1.32. The second-order valence-corrected chi connectivity index (χ2v) is 4.43. The van der Waals surface area contributed by atoms with Crippen molar-refractivity contribution in [1.29, 1.82) is 0 Å². The molecule has 0 aliphatic carbocycles. The Morgan fingerprint density at radius 1 is 1.29 bits per heavy atom. The van der Waals surface area contributed by atoms with Gasteiger partial charge in [-0.3, -0.25) is 0 Å². The topological polar surface area (TPSA) is 37.8 Å². The Kier molecular flexibility index (Phi) is 3.82. The second kappa shape index (κ2) is 5.34. The van der Waals surface area contributed by atoms with Crippen LogP contribution in [0.25, 0.3) is 0 Å². The summed E-state index contributed by atoms with van der Waals surface area (Å²) < 4.78 is 0. The summed E-state index contributed by atoms with van der Waals surface area (Å²) >= 11 is 11.6. The number of nitrogens with one attached hydrogen (secondary N) is 1. The van der Waals surface area contributed by atoms with Gasteiger partial charge in [0, 0.05) is 23.3 Å². The van der Waals surface area contributed by atoms with Gasteiger partial charge in [0.05, 0.1) is 0 Å². The molecule has 0 radical (unpaired) electrons. The van der Waals surface area contributed by atoms with Crippen LogP contribution in [-0.2, 0) is 6.54 Å². The Morgan fingerprint density at radius 3 is 2.88 bits per heavy atom. The molecular formula is C12H11Cl2N3. The monoisotopic (exact) mass is 267 g/mol. The van der Waals surface area contributed by atoms with Gasteiger partial charge in [0.2, 0.25) is 5.28 Å². The van der Waals surface area contributed by atoms with Crippen molar-refractivity contribution in [3.63, 3.8) is 0 Å². The van der Waals surface area contributed by atoms with Crippen LogP contribution in [0, 0.1) is 6.92 Å². The summed E-state index contributed by atoms with van der Waals surface area (Å²) in [5, 5.41) is 4.17. The van der Waals surface area contributed by atoms with Crippen molar-refractivity contribution in [1.82, 2.24) is 9.97 Å². The Labute approximate surface area is 110 Å². The van der Waals surface area contributed by atoms with Crippen LogP contribution in [0.2, 0.25) is 10.3 Å². The van der Waals surface area contributed by atoms with E-state index in [1.165, 1.54) is 0 Å². The molecule has 0 bridgehead atoms. The zero-order valence-electron chi connectivity index (χ0n) is 9.24. The average molecular weight is 268 g/mol. The van der Waals surface area contributed by atoms with Crippen LogP contribution in [0.1, 0.15) is 11.1 Å². The molecule has 1 N–H and O–H groups in total. The number of hydrogen-bond acceptors (Lipinski definition) is 3. The molecule has 88 valence electrons. The molecule has 2 rings (SSSR count). The van der Waals surface area contributed by atoms with E-state index in [0.717, 1.165) is 22.0 Å². The van der Waals surface area contributed by atoms with Crippen LogP contribution in [-0.4, -0.2) is 9.97 Å². The van der Waals surface area contributed by atoms with E-state index in [4.69, 9.17) is 23.2 Å². The normalized spacial score (nSPS) is 10.3. The summed E-state index contributed by atoms with van der Waals surface area (Å²) in [5.74, 6) is 0.741. The molecule has 0 saturated heterocycles. The van der Waals surface area contributed by atoms with E-state index in [1.807, 2.05) is 31.2 Å². The number of aryl methyl sites for hydroxylation is 1. The van der Waals surface area contributed by atoms with Gasteiger partial charge in [-0.15, -0.1) is 0 Å². The second-order valence-electron chi connectivity index (χ2n) is 3.65. The summed E-state index contributed by atoms with van der Waals surface area (Å²) in [6.45, 7) is 2.57. The molecule has 0 amide bonds. The molecule has 3 nitrogen and oxygen atoms in total. The van der Waals surface area contributed by atoms with Crippen molar-refractivity contribution in [2.24, 2.45) is 0 Å². The van der Waals surface area contributed by atoms with Crippen molar-refractivity contribution >= 4 is 29.0 Å². The summed E-state index contributed by atoms with van der Waals surface area (Å²) in [5.41, 5.74) is 2.04. The van der Waals surface area contributed by atoms with Gasteiger partial charge >= 0.3 is 0 Å². The van der Waals surface area contributed by atoms with Crippen molar-refractivity contribution in [3.8, 4) is 0 Å². The quantitative estimate of drug-likeness (QED) is 0.862. The van der Waals surface area contributed by atoms with Gasteiger partial charge in [-0.05, 0) is 36.2 Å². The van der Waals surface area contributed by atoms with E-state index in [2.05, 4.69) is 15.3 Å². The standard InChI is InChI=1S/C12H11Cl2N3/c1-8-6-16-12(14)17-11(8)15-7-9-3-2-4-10(13)5-9/h2-6H,7H2,1H3,(H,15,16,17). The predicted octanol–water partition coefficient (Wildman–Crippen LogP) is 3.70. The maximum atomic E-state index is 5.91. The molecule has 1 aromatic carbocycles. The number of benzene rings is 1. The highest BCUT2D eigenvalue weighted by Crippen LogP contribution is 2.15. The van der Waals surface area contributed by atoms with Crippen LogP contribution in [0.5, 0.6) is 0 Å². The lowest BCUT2D eigenvalue weighted by Crippen LogP contribution is -2.04. The zero-order chi connectivity index (χ0) is 12.3. The van der Waals surface area contributed by atoms with Gasteiger partial charge < -0.3 is 5.32 Å². The van der Waals surface area contributed by atoms with Gasteiger partial charge in [-0.1, -0.05) is 23.7 Å². The molecule has 0 aliphatic heterocycles. The van der Waals surface area contributed by atoms with Crippen molar-refractivity contribution in [3.05, 3.63) is 51.9 Å². The first-order valence-corrected chi connectivity index (χ1v) is 5.88.